The number of hydrogen-bond donors (Lipinski definition) is 1. The Hall–Kier alpha value is -1.07. The molecule has 1 unspecified atom stereocenters. The highest BCUT2D eigenvalue weighted by Gasteiger charge is 2.20. The van der Waals surface area contributed by atoms with Gasteiger partial charge in [0.15, 0.2) is 0 Å². The molecule has 0 amide bonds. The van der Waals surface area contributed by atoms with Crippen LogP contribution in [0.5, 0.6) is 5.75 Å². The quantitative estimate of drug-likeness (QED) is 0.844. The Balaban J connectivity index is 2.09. The molecule has 1 aromatic rings. The predicted molar refractivity (Wildman–Crippen MR) is 76.3 cm³/mol. The van der Waals surface area contributed by atoms with Crippen LogP contribution in [0.25, 0.3) is 0 Å². The van der Waals surface area contributed by atoms with Crippen molar-refractivity contribution >= 4 is 21.9 Å². The van der Waals surface area contributed by atoms with Gasteiger partial charge in [-0.1, -0.05) is 22.9 Å². The van der Waals surface area contributed by atoms with E-state index in [1.165, 1.54) is 12.7 Å². The smallest absolute Gasteiger partial charge is 0.322 e. The summed E-state index contributed by atoms with van der Waals surface area (Å²) in [7, 11) is 1.41. The monoisotopic (exact) mass is 327 g/mol. The molecular formula is C14H18BrNO3. The van der Waals surface area contributed by atoms with Crippen molar-refractivity contribution in [3.8, 4) is 5.75 Å². The first-order chi connectivity index (χ1) is 9.15. The Morgan fingerprint density at radius 1 is 1.58 bits per heavy atom. The molecule has 1 aliphatic heterocycles. The van der Waals surface area contributed by atoms with Crippen molar-refractivity contribution < 1.29 is 14.3 Å². The van der Waals surface area contributed by atoms with E-state index in [1.54, 1.807) is 0 Å². The molecule has 0 fully saturated rings. The Labute approximate surface area is 121 Å². The summed E-state index contributed by atoms with van der Waals surface area (Å²) in [5, 5.41) is 3.22. The molecule has 1 aromatic carbocycles. The second-order valence-corrected chi connectivity index (χ2v) is 5.43. The molecule has 5 heteroatoms. The molecule has 4 nitrogen and oxygen atoms in total. The van der Waals surface area contributed by atoms with Gasteiger partial charge in [0.1, 0.15) is 11.8 Å². The second kappa shape index (κ2) is 6.39. The molecule has 0 bridgehead atoms. The molecule has 1 aliphatic rings. The van der Waals surface area contributed by atoms with Gasteiger partial charge in [-0.25, -0.2) is 0 Å². The summed E-state index contributed by atoms with van der Waals surface area (Å²) in [6.07, 6.45) is 1.64. The molecule has 104 valence electrons. The fraction of sp³-hybridized carbons (Fsp3) is 0.500. The number of fused-ring (bicyclic) bond motifs is 1. The Morgan fingerprint density at radius 3 is 3.05 bits per heavy atom. The first-order valence-electron chi connectivity index (χ1n) is 6.41. The molecule has 0 aromatic heterocycles. The minimum absolute atomic E-state index is 0.227. The average Bonchev–Trinajstić information content (AvgIpc) is 2.86. The summed E-state index contributed by atoms with van der Waals surface area (Å²) < 4.78 is 11.5. The zero-order valence-electron chi connectivity index (χ0n) is 11.2. The van der Waals surface area contributed by atoms with Gasteiger partial charge in [-0.15, -0.1) is 0 Å². The summed E-state index contributed by atoms with van der Waals surface area (Å²) in [5.41, 5.74) is 2.29. The van der Waals surface area contributed by atoms with Crippen LogP contribution in [0.2, 0.25) is 0 Å². The van der Waals surface area contributed by atoms with Crippen molar-refractivity contribution in [3.05, 3.63) is 27.7 Å². The number of carbonyl (C=O) groups excluding carboxylic acids is 1. The van der Waals surface area contributed by atoms with E-state index in [1.807, 2.05) is 13.0 Å². The third-order valence-electron chi connectivity index (χ3n) is 3.26. The lowest BCUT2D eigenvalue weighted by Gasteiger charge is -2.16. The van der Waals surface area contributed by atoms with E-state index in [0.29, 0.717) is 13.0 Å². The van der Waals surface area contributed by atoms with Crippen LogP contribution in [0.15, 0.2) is 16.6 Å². The third-order valence-corrected chi connectivity index (χ3v) is 3.72. The molecule has 1 atom stereocenters. The van der Waals surface area contributed by atoms with Crippen molar-refractivity contribution in [1.29, 1.82) is 0 Å². The van der Waals surface area contributed by atoms with Crippen molar-refractivity contribution in [2.24, 2.45) is 0 Å². The van der Waals surface area contributed by atoms with E-state index >= 15 is 0 Å². The van der Waals surface area contributed by atoms with E-state index in [2.05, 4.69) is 27.3 Å². The van der Waals surface area contributed by atoms with Crippen LogP contribution in [0.1, 0.15) is 24.5 Å². The van der Waals surface area contributed by atoms with E-state index < -0.39 is 0 Å². The van der Waals surface area contributed by atoms with Crippen LogP contribution in [-0.2, 0) is 22.5 Å². The summed E-state index contributed by atoms with van der Waals surface area (Å²) >= 11 is 3.51. The zero-order chi connectivity index (χ0) is 13.8. The maximum atomic E-state index is 11.5. The van der Waals surface area contributed by atoms with Gasteiger partial charge in [-0.3, -0.25) is 4.79 Å². The minimum atomic E-state index is -0.277. The summed E-state index contributed by atoms with van der Waals surface area (Å²) in [5.74, 6) is 0.727. The summed E-state index contributed by atoms with van der Waals surface area (Å²) in [4.78, 5) is 11.5. The lowest BCUT2D eigenvalue weighted by Crippen LogP contribution is -2.36. The summed E-state index contributed by atoms with van der Waals surface area (Å²) in [6.45, 7) is 3.28. The van der Waals surface area contributed by atoms with Crippen molar-refractivity contribution in [3.63, 3.8) is 0 Å². The van der Waals surface area contributed by atoms with E-state index in [9.17, 15) is 4.79 Å². The highest BCUT2D eigenvalue weighted by molar-refractivity contribution is 9.10. The Kier molecular flexibility index (Phi) is 4.82. The van der Waals surface area contributed by atoms with Crippen LogP contribution in [0.3, 0.4) is 0 Å². The number of halogens is 1. The number of methoxy groups -OCH3 is 1. The highest BCUT2D eigenvalue weighted by Crippen LogP contribution is 2.32. The lowest BCUT2D eigenvalue weighted by atomic mass is 10.1. The van der Waals surface area contributed by atoms with Gasteiger partial charge in [-0.05, 0) is 24.1 Å². The number of hydrogen-bond acceptors (Lipinski definition) is 4. The third kappa shape index (κ3) is 3.28. The first-order valence-corrected chi connectivity index (χ1v) is 7.20. The Morgan fingerprint density at radius 2 is 2.37 bits per heavy atom. The van der Waals surface area contributed by atoms with Gasteiger partial charge in [0.25, 0.3) is 0 Å². The van der Waals surface area contributed by atoms with Gasteiger partial charge >= 0.3 is 5.97 Å². The van der Waals surface area contributed by atoms with Gasteiger partial charge in [0, 0.05) is 23.0 Å². The van der Waals surface area contributed by atoms with Gasteiger partial charge < -0.3 is 14.8 Å². The molecule has 1 heterocycles. The lowest BCUT2D eigenvalue weighted by molar-refractivity contribution is -0.143. The summed E-state index contributed by atoms with van der Waals surface area (Å²) in [6, 6.07) is 3.84. The van der Waals surface area contributed by atoms with Crippen LogP contribution >= 0.6 is 15.9 Å². The number of ether oxygens (including phenoxy) is 2. The molecule has 2 rings (SSSR count). The van der Waals surface area contributed by atoms with Gasteiger partial charge in [0.2, 0.25) is 0 Å². The molecule has 0 saturated carbocycles. The molecule has 0 saturated heterocycles. The van der Waals surface area contributed by atoms with Crippen molar-refractivity contribution in [2.75, 3.05) is 13.7 Å². The standard InChI is InChI=1S/C14H18BrNO3/c1-3-12(14(17)18-2)16-8-10-7-11(15)6-9-4-5-19-13(9)10/h6-7,12,16H,3-5,8H2,1-2H3. The fourth-order valence-electron chi connectivity index (χ4n) is 2.25. The maximum absolute atomic E-state index is 11.5. The minimum Gasteiger partial charge on any atom is -0.493 e. The molecule has 19 heavy (non-hydrogen) atoms. The van der Waals surface area contributed by atoms with Gasteiger partial charge in [0.05, 0.1) is 13.7 Å². The highest BCUT2D eigenvalue weighted by atomic mass is 79.9. The van der Waals surface area contributed by atoms with E-state index in [4.69, 9.17) is 9.47 Å². The van der Waals surface area contributed by atoms with Crippen LogP contribution in [0.4, 0.5) is 0 Å². The van der Waals surface area contributed by atoms with E-state index in [-0.39, 0.29) is 12.0 Å². The van der Waals surface area contributed by atoms with Crippen LogP contribution in [0, 0.1) is 0 Å². The van der Waals surface area contributed by atoms with Crippen LogP contribution < -0.4 is 10.1 Å². The second-order valence-electron chi connectivity index (χ2n) is 4.52. The number of carbonyl (C=O) groups is 1. The maximum Gasteiger partial charge on any atom is 0.322 e. The number of esters is 1. The molecule has 0 aliphatic carbocycles. The molecule has 1 N–H and O–H groups in total. The van der Waals surface area contributed by atoms with Crippen molar-refractivity contribution in [2.45, 2.75) is 32.4 Å². The largest absolute Gasteiger partial charge is 0.493 e. The normalized spacial score (nSPS) is 14.7. The Bertz CT molecular complexity index is 476. The van der Waals surface area contributed by atoms with E-state index in [0.717, 1.165) is 28.8 Å². The predicted octanol–water partition coefficient (Wildman–Crippen LogP) is 2.43. The molecule has 0 spiro atoms. The topological polar surface area (TPSA) is 47.6 Å². The van der Waals surface area contributed by atoms with Crippen molar-refractivity contribution in [1.82, 2.24) is 5.32 Å². The number of nitrogens with one attached hydrogen (secondary N) is 1. The number of rotatable bonds is 5. The molecule has 0 radical (unpaired) electrons. The first kappa shape index (κ1) is 14.3. The van der Waals surface area contributed by atoms with Crippen LogP contribution in [-0.4, -0.2) is 25.7 Å². The average molecular weight is 328 g/mol. The number of benzene rings is 1. The van der Waals surface area contributed by atoms with Gasteiger partial charge in [-0.2, -0.15) is 0 Å². The SMILES string of the molecule is CCC(NCc1cc(Br)cc2c1OCC2)C(=O)OC. The molecular weight excluding hydrogens is 310 g/mol. The fourth-order valence-corrected chi connectivity index (χ4v) is 2.80. The zero-order valence-corrected chi connectivity index (χ0v) is 12.7.